The minimum atomic E-state index is -4.40. The number of halogens is 3. The fourth-order valence-corrected chi connectivity index (χ4v) is 3.75. The van der Waals surface area contributed by atoms with Crippen molar-refractivity contribution in [3.05, 3.63) is 70.9 Å². The highest BCUT2D eigenvalue weighted by atomic mass is 19.4. The van der Waals surface area contributed by atoms with Crippen molar-refractivity contribution < 1.29 is 17.9 Å². The van der Waals surface area contributed by atoms with E-state index in [0.29, 0.717) is 12.1 Å². The fraction of sp³-hybridized carbons (Fsp3) is 0.318. The summed E-state index contributed by atoms with van der Waals surface area (Å²) in [7, 11) is 1.63. The number of rotatable bonds is 4. The minimum absolute atomic E-state index is 0.400. The third kappa shape index (κ3) is 3.95. The Labute approximate surface area is 167 Å². The minimum Gasteiger partial charge on any atom is -0.496 e. The van der Waals surface area contributed by atoms with Gasteiger partial charge in [0.05, 0.1) is 24.1 Å². The van der Waals surface area contributed by atoms with Gasteiger partial charge in [-0.1, -0.05) is 24.3 Å². The molecular formula is C22H22F3N3O. The number of hydrogen-bond acceptors (Lipinski definition) is 3. The van der Waals surface area contributed by atoms with Crippen LogP contribution in [0.2, 0.25) is 0 Å². The van der Waals surface area contributed by atoms with Crippen LogP contribution in [0.4, 0.5) is 19.0 Å². The Kier molecular flexibility index (Phi) is 5.22. The Hall–Kier alpha value is -2.96. The standard InChI is InChI=1S/C22H22F3N3O/c1-29-20-11-3-2-7-15(20)13-19-18-10-4-5-12-26-21(18)28(27-19)17-9-6-8-16(14-17)22(23,24)25/h2-3,6-9,11,14,26H,4-5,10,12-13H2,1H3. The Bertz CT molecular complexity index is 1010. The number of ether oxygens (including phenoxy) is 1. The molecule has 0 radical (unpaired) electrons. The van der Waals surface area contributed by atoms with Crippen LogP contribution in [0.25, 0.3) is 5.69 Å². The predicted octanol–water partition coefficient (Wildman–Crippen LogP) is 5.24. The van der Waals surface area contributed by atoms with Gasteiger partial charge in [-0.25, -0.2) is 4.68 Å². The lowest BCUT2D eigenvalue weighted by Gasteiger charge is -2.12. The summed E-state index contributed by atoms with van der Waals surface area (Å²) in [5, 5.41) is 8.10. The third-order valence-electron chi connectivity index (χ3n) is 5.18. The Balaban J connectivity index is 1.80. The van der Waals surface area contributed by atoms with Crippen LogP contribution in [0, 0.1) is 0 Å². The molecule has 0 saturated carbocycles. The highest BCUT2D eigenvalue weighted by molar-refractivity contribution is 5.56. The van der Waals surface area contributed by atoms with E-state index in [4.69, 9.17) is 9.84 Å². The molecule has 0 aliphatic carbocycles. The molecule has 2 aromatic carbocycles. The molecule has 0 unspecified atom stereocenters. The van der Waals surface area contributed by atoms with Crippen molar-refractivity contribution >= 4 is 5.82 Å². The molecule has 1 N–H and O–H groups in total. The molecule has 7 heteroatoms. The van der Waals surface area contributed by atoms with Crippen molar-refractivity contribution in [3.8, 4) is 11.4 Å². The van der Waals surface area contributed by atoms with Crippen molar-refractivity contribution in [2.75, 3.05) is 19.0 Å². The number of alkyl halides is 3. The molecule has 0 atom stereocenters. The monoisotopic (exact) mass is 401 g/mol. The largest absolute Gasteiger partial charge is 0.496 e. The second-order valence-corrected chi connectivity index (χ2v) is 7.11. The van der Waals surface area contributed by atoms with Gasteiger partial charge in [0.2, 0.25) is 0 Å². The van der Waals surface area contributed by atoms with Gasteiger partial charge in [0.15, 0.2) is 0 Å². The number of aromatic nitrogens is 2. The number of nitrogens with zero attached hydrogens (tertiary/aromatic N) is 2. The van der Waals surface area contributed by atoms with Gasteiger partial charge in [-0.2, -0.15) is 18.3 Å². The summed E-state index contributed by atoms with van der Waals surface area (Å²) >= 11 is 0. The molecule has 0 amide bonds. The van der Waals surface area contributed by atoms with Crippen LogP contribution in [-0.2, 0) is 19.0 Å². The first-order chi connectivity index (χ1) is 14.0. The summed E-state index contributed by atoms with van der Waals surface area (Å²) in [6.45, 7) is 0.770. The van der Waals surface area contributed by atoms with Gasteiger partial charge < -0.3 is 10.1 Å². The van der Waals surface area contributed by atoms with E-state index in [1.165, 1.54) is 6.07 Å². The number of anilines is 1. The van der Waals surface area contributed by atoms with Gasteiger partial charge in [-0.15, -0.1) is 0 Å². The Morgan fingerprint density at radius 2 is 1.93 bits per heavy atom. The fourth-order valence-electron chi connectivity index (χ4n) is 3.75. The lowest BCUT2D eigenvalue weighted by Crippen LogP contribution is -2.09. The summed E-state index contributed by atoms with van der Waals surface area (Å²) in [5.74, 6) is 1.56. The van der Waals surface area contributed by atoms with Gasteiger partial charge in [0.1, 0.15) is 11.6 Å². The topological polar surface area (TPSA) is 39.1 Å². The van der Waals surface area contributed by atoms with E-state index in [0.717, 1.165) is 66.3 Å². The third-order valence-corrected chi connectivity index (χ3v) is 5.18. The summed E-state index contributed by atoms with van der Waals surface area (Å²) < 4.78 is 46.7. The van der Waals surface area contributed by atoms with Gasteiger partial charge in [-0.05, 0) is 43.5 Å². The number of methoxy groups -OCH3 is 1. The predicted molar refractivity (Wildman–Crippen MR) is 106 cm³/mol. The summed E-state index contributed by atoms with van der Waals surface area (Å²) in [4.78, 5) is 0. The van der Waals surface area contributed by atoms with Crippen LogP contribution in [0.3, 0.4) is 0 Å². The highest BCUT2D eigenvalue weighted by Crippen LogP contribution is 2.34. The van der Waals surface area contributed by atoms with Gasteiger partial charge >= 0.3 is 6.18 Å². The SMILES string of the molecule is COc1ccccc1Cc1nn(-c2cccc(C(F)(F)F)c2)c2c1CCCCN2. The lowest BCUT2D eigenvalue weighted by molar-refractivity contribution is -0.137. The summed E-state index contributed by atoms with van der Waals surface area (Å²) in [6, 6.07) is 13.0. The van der Waals surface area contributed by atoms with E-state index in [1.807, 2.05) is 24.3 Å². The number of benzene rings is 2. The molecule has 1 aliphatic rings. The summed E-state index contributed by atoms with van der Waals surface area (Å²) in [6.07, 6.45) is -0.988. The van der Waals surface area contributed by atoms with Crippen LogP contribution in [0.5, 0.6) is 5.75 Å². The molecule has 0 spiro atoms. The first-order valence-corrected chi connectivity index (χ1v) is 9.61. The molecule has 0 fully saturated rings. The maximum atomic E-state index is 13.2. The summed E-state index contributed by atoms with van der Waals surface area (Å²) in [5.41, 5.74) is 2.63. The molecule has 0 bridgehead atoms. The van der Waals surface area contributed by atoms with Gasteiger partial charge in [0, 0.05) is 24.1 Å². The smallest absolute Gasteiger partial charge is 0.416 e. The van der Waals surface area contributed by atoms with Crippen molar-refractivity contribution in [3.63, 3.8) is 0 Å². The number of hydrogen-bond donors (Lipinski definition) is 1. The van der Waals surface area contributed by atoms with E-state index >= 15 is 0 Å². The van der Waals surface area contributed by atoms with Crippen LogP contribution < -0.4 is 10.1 Å². The zero-order valence-corrected chi connectivity index (χ0v) is 16.1. The molecule has 4 nitrogen and oxygen atoms in total. The average Bonchev–Trinajstić information content (AvgIpc) is 2.88. The molecule has 1 aliphatic heterocycles. The second-order valence-electron chi connectivity index (χ2n) is 7.11. The Morgan fingerprint density at radius 1 is 1.10 bits per heavy atom. The number of fused-ring (bicyclic) bond motifs is 1. The molecule has 4 rings (SSSR count). The second kappa shape index (κ2) is 7.81. The number of para-hydroxylation sites is 1. The van der Waals surface area contributed by atoms with E-state index in [2.05, 4.69) is 5.32 Å². The molecule has 2 heterocycles. The maximum absolute atomic E-state index is 13.2. The van der Waals surface area contributed by atoms with E-state index in [-0.39, 0.29) is 0 Å². The van der Waals surface area contributed by atoms with E-state index in [9.17, 15) is 13.2 Å². The molecule has 3 aromatic rings. The molecule has 0 saturated heterocycles. The van der Waals surface area contributed by atoms with Crippen molar-refractivity contribution in [1.29, 1.82) is 0 Å². The van der Waals surface area contributed by atoms with Gasteiger partial charge in [0.25, 0.3) is 0 Å². The zero-order chi connectivity index (χ0) is 20.4. The quantitative estimate of drug-likeness (QED) is 0.650. The normalized spacial score (nSPS) is 14.1. The molecule has 152 valence electrons. The lowest BCUT2D eigenvalue weighted by atomic mass is 10.0. The molecular weight excluding hydrogens is 379 g/mol. The van der Waals surface area contributed by atoms with Crippen molar-refractivity contribution in [1.82, 2.24) is 9.78 Å². The van der Waals surface area contributed by atoms with Gasteiger partial charge in [-0.3, -0.25) is 0 Å². The van der Waals surface area contributed by atoms with Crippen LogP contribution in [0.1, 0.15) is 35.2 Å². The first-order valence-electron chi connectivity index (χ1n) is 9.61. The van der Waals surface area contributed by atoms with Crippen LogP contribution in [0.15, 0.2) is 48.5 Å². The average molecular weight is 401 g/mol. The van der Waals surface area contributed by atoms with E-state index < -0.39 is 11.7 Å². The van der Waals surface area contributed by atoms with Crippen LogP contribution >= 0.6 is 0 Å². The Morgan fingerprint density at radius 3 is 2.72 bits per heavy atom. The number of nitrogens with one attached hydrogen (secondary N) is 1. The van der Waals surface area contributed by atoms with Crippen molar-refractivity contribution in [2.45, 2.75) is 31.9 Å². The molecule has 29 heavy (non-hydrogen) atoms. The molecule has 1 aromatic heterocycles. The zero-order valence-electron chi connectivity index (χ0n) is 16.1. The van der Waals surface area contributed by atoms with Crippen LogP contribution in [-0.4, -0.2) is 23.4 Å². The highest BCUT2D eigenvalue weighted by Gasteiger charge is 2.31. The van der Waals surface area contributed by atoms with E-state index in [1.54, 1.807) is 17.9 Å². The first kappa shape index (κ1) is 19.4. The maximum Gasteiger partial charge on any atom is 0.416 e. The van der Waals surface area contributed by atoms with Crippen molar-refractivity contribution in [2.24, 2.45) is 0 Å².